The van der Waals surface area contributed by atoms with Crippen LogP contribution in [-0.4, -0.2) is 24.4 Å². The van der Waals surface area contributed by atoms with E-state index in [0.717, 1.165) is 19.3 Å². The molecule has 6 nitrogen and oxygen atoms in total. The van der Waals surface area contributed by atoms with Crippen molar-refractivity contribution in [2.24, 2.45) is 11.8 Å². The number of carbonyl (C=O) groups is 3. The Morgan fingerprint density at radius 1 is 1.06 bits per heavy atom. The Balaban J connectivity index is 2.21. The second-order valence-electron chi connectivity index (χ2n) is 4.52. The van der Waals surface area contributed by atoms with Crippen LogP contribution in [0, 0.1) is 11.8 Å². The average molecular weight is 240 g/mol. The van der Waals surface area contributed by atoms with Crippen LogP contribution in [0.5, 0.6) is 0 Å². The zero-order valence-corrected chi connectivity index (χ0v) is 9.48. The molecule has 1 aliphatic heterocycles. The monoisotopic (exact) mass is 240 g/mol. The molecule has 0 aromatic carbocycles. The number of hydrogen-bond donors (Lipinski definition) is 2. The number of hydrogen-bond acceptors (Lipinski definition) is 4. The smallest absolute Gasteiger partial charge is 0.293 e. The van der Waals surface area contributed by atoms with E-state index in [-0.39, 0.29) is 17.7 Å². The predicted octanol–water partition coefficient (Wildman–Crippen LogP) is -0.115. The molecule has 2 rings (SSSR count). The van der Waals surface area contributed by atoms with Crippen LogP contribution >= 0.6 is 0 Å². The second-order valence-corrected chi connectivity index (χ2v) is 4.52. The summed E-state index contributed by atoms with van der Waals surface area (Å²) in [6, 6.07) is 0. The fraction of sp³-hybridized carbons (Fsp3) is 0.727. The van der Waals surface area contributed by atoms with Gasteiger partial charge in [0.25, 0.3) is 6.47 Å². The summed E-state index contributed by atoms with van der Waals surface area (Å²) in [4.78, 5) is 34.0. The van der Waals surface area contributed by atoms with Gasteiger partial charge in [-0.25, -0.2) is 0 Å². The van der Waals surface area contributed by atoms with E-state index in [1.54, 1.807) is 0 Å². The molecule has 2 amide bonds. The molecule has 2 fully saturated rings. The highest BCUT2D eigenvalue weighted by atomic mass is 16.5. The third-order valence-corrected chi connectivity index (χ3v) is 3.52. The largest absolute Gasteiger partial charge is 0.464 e. The molecule has 2 N–H and O–H groups in total. The van der Waals surface area contributed by atoms with Crippen LogP contribution in [0.15, 0.2) is 0 Å². The minimum absolute atomic E-state index is 0.184. The van der Waals surface area contributed by atoms with Gasteiger partial charge in [-0.2, -0.15) is 0 Å². The first-order chi connectivity index (χ1) is 8.24. The summed E-state index contributed by atoms with van der Waals surface area (Å²) in [6.45, 7) is 0.364. The van der Waals surface area contributed by atoms with Crippen molar-refractivity contribution in [3.63, 3.8) is 0 Å². The van der Waals surface area contributed by atoms with Crippen LogP contribution in [0.1, 0.15) is 32.1 Å². The molecule has 0 aromatic heterocycles. The molecule has 0 aromatic rings. The lowest BCUT2D eigenvalue weighted by atomic mass is 9.78. The Bertz CT molecular complexity index is 331. The fourth-order valence-electron chi connectivity index (χ4n) is 2.67. The van der Waals surface area contributed by atoms with E-state index < -0.39 is 12.0 Å². The SMILES string of the molecule is O=COC1CCCCCC2C(=O)NNC(=O)C12. The van der Waals surface area contributed by atoms with Crippen LogP contribution in [0.4, 0.5) is 0 Å². The molecule has 3 atom stereocenters. The maximum Gasteiger partial charge on any atom is 0.293 e. The number of nitrogens with one attached hydrogen (secondary N) is 2. The van der Waals surface area contributed by atoms with Gasteiger partial charge in [-0.05, 0) is 19.3 Å². The van der Waals surface area contributed by atoms with Gasteiger partial charge in [0.2, 0.25) is 11.8 Å². The third kappa shape index (κ3) is 2.40. The lowest BCUT2D eigenvalue weighted by molar-refractivity contribution is -0.155. The molecule has 1 saturated heterocycles. The number of carbonyl (C=O) groups excluding carboxylic acids is 3. The molecule has 2 aliphatic rings. The number of hydrazine groups is 1. The van der Waals surface area contributed by atoms with E-state index in [1.807, 2.05) is 0 Å². The zero-order chi connectivity index (χ0) is 12.3. The van der Waals surface area contributed by atoms with Gasteiger partial charge in [-0.3, -0.25) is 25.2 Å². The Hall–Kier alpha value is -1.59. The highest BCUT2D eigenvalue weighted by Gasteiger charge is 2.44. The molecule has 17 heavy (non-hydrogen) atoms. The van der Waals surface area contributed by atoms with E-state index >= 15 is 0 Å². The van der Waals surface area contributed by atoms with Crippen LogP contribution in [-0.2, 0) is 19.1 Å². The maximum atomic E-state index is 11.8. The van der Waals surface area contributed by atoms with Gasteiger partial charge < -0.3 is 4.74 Å². The van der Waals surface area contributed by atoms with E-state index in [0.29, 0.717) is 19.3 Å². The Kier molecular flexibility index (Phi) is 3.61. The van der Waals surface area contributed by atoms with Crippen LogP contribution in [0.3, 0.4) is 0 Å². The Labute approximate surface area is 99.0 Å². The van der Waals surface area contributed by atoms with Crippen LogP contribution in [0.25, 0.3) is 0 Å². The van der Waals surface area contributed by atoms with Crippen molar-refractivity contribution in [1.82, 2.24) is 10.9 Å². The fourth-order valence-corrected chi connectivity index (χ4v) is 2.67. The first kappa shape index (κ1) is 11.9. The molecule has 0 bridgehead atoms. The quantitative estimate of drug-likeness (QED) is 0.659. The molecule has 1 heterocycles. The first-order valence-electron chi connectivity index (χ1n) is 5.93. The Morgan fingerprint density at radius 2 is 1.76 bits per heavy atom. The lowest BCUT2D eigenvalue weighted by Crippen LogP contribution is -2.59. The Morgan fingerprint density at radius 3 is 2.53 bits per heavy atom. The summed E-state index contributed by atoms with van der Waals surface area (Å²) < 4.78 is 4.99. The highest BCUT2D eigenvalue weighted by Crippen LogP contribution is 2.31. The topological polar surface area (TPSA) is 84.5 Å². The van der Waals surface area contributed by atoms with Crippen molar-refractivity contribution in [1.29, 1.82) is 0 Å². The predicted molar refractivity (Wildman–Crippen MR) is 57.3 cm³/mol. The van der Waals surface area contributed by atoms with Gasteiger partial charge in [0, 0.05) is 0 Å². The molecular formula is C11H16N2O4. The number of rotatable bonds is 2. The second kappa shape index (κ2) is 5.16. The van der Waals surface area contributed by atoms with Gasteiger partial charge >= 0.3 is 0 Å². The molecule has 3 unspecified atom stereocenters. The summed E-state index contributed by atoms with van der Waals surface area (Å²) in [5.41, 5.74) is 4.69. The van der Waals surface area contributed by atoms with Crippen LogP contribution in [0.2, 0.25) is 0 Å². The van der Waals surface area contributed by atoms with E-state index in [1.165, 1.54) is 0 Å². The van der Waals surface area contributed by atoms with Gasteiger partial charge in [0.05, 0.1) is 11.8 Å². The minimum atomic E-state index is -0.547. The molecule has 1 saturated carbocycles. The molecule has 0 spiro atoms. The van der Waals surface area contributed by atoms with Crippen molar-refractivity contribution in [3.05, 3.63) is 0 Å². The average Bonchev–Trinajstić information content (AvgIpc) is 2.28. The van der Waals surface area contributed by atoms with E-state index in [2.05, 4.69) is 10.9 Å². The van der Waals surface area contributed by atoms with Crippen molar-refractivity contribution in [2.75, 3.05) is 0 Å². The normalized spacial score (nSPS) is 33.5. The maximum absolute atomic E-state index is 11.8. The molecule has 0 radical (unpaired) electrons. The van der Waals surface area contributed by atoms with E-state index in [9.17, 15) is 14.4 Å². The summed E-state index contributed by atoms with van der Waals surface area (Å²) in [7, 11) is 0. The summed E-state index contributed by atoms with van der Waals surface area (Å²) in [5, 5.41) is 0. The van der Waals surface area contributed by atoms with Crippen molar-refractivity contribution < 1.29 is 19.1 Å². The number of fused-ring (bicyclic) bond motifs is 1. The zero-order valence-electron chi connectivity index (χ0n) is 9.48. The highest BCUT2D eigenvalue weighted by molar-refractivity contribution is 5.93. The standard InChI is InChI=1S/C11H16N2O4/c14-6-17-8-5-3-1-2-4-7-9(8)11(16)13-12-10(7)15/h6-9H,1-5H2,(H,12,15)(H,13,16). The number of amides is 2. The van der Waals surface area contributed by atoms with Crippen molar-refractivity contribution >= 4 is 18.3 Å². The molecule has 6 heteroatoms. The third-order valence-electron chi connectivity index (χ3n) is 3.52. The molecular weight excluding hydrogens is 224 g/mol. The van der Waals surface area contributed by atoms with Crippen molar-refractivity contribution in [3.8, 4) is 0 Å². The number of ether oxygens (including phenoxy) is 1. The van der Waals surface area contributed by atoms with Gasteiger partial charge in [-0.1, -0.05) is 12.8 Å². The molecule has 94 valence electrons. The minimum Gasteiger partial charge on any atom is -0.464 e. The summed E-state index contributed by atoms with van der Waals surface area (Å²) in [5.74, 6) is -1.37. The van der Waals surface area contributed by atoms with Gasteiger partial charge in [0.15, 0.2) is 0 Å². The molecule has 1 aliphatic carbocycles. The van der Waals surface area contributed by atoms with Gasteiger partial charge in [0.1, 0.15) is 6.10 Å². The first-order valence-corrected chi connectivity index (χ1v) is 5.93. The van der Waals surface area contributed by atoms with Crippen LogP contribution < -0.4 is 10.9 Å². The van der Waals surface area contributed by atoms with Gasteiger partial charge in [-0.15, -0.1) is 0 Å². The van der Waals surface area contributed by atoms with E-state index in [4.69, 9.17) is 4.74 Å². The van der Waals surface area contributed by atoms with Crippen molar-refractivity contribution in [2.45, 2.75) is 38.2 Å². The summed E-state index contributed by atoms with van der Waals surface area (Å²) in [6.07, 6.45) is 3.66. The summed E-state index contributed by atoms with van der Waals surface area (Å²) >= 11 is 0. The lowest BCUT2D eigenvalue weighted by Gasteiger charge is -2.35.